The van der Waals surface area contributed by atoms with Crippen molar-refractivity contribution < 1.29 is 18.7 Å². The van der Waals surface area contributed by atoms with Gasteiger partial charge in [-0.1, -0.05) is 20.3 Å². The van der Waals surface area contributed by atoms with Crippen LogP contribution in [0.1, 0.15) is 50.4 Å². The van der Waals surface area contributed by atoms with E-state index in [4.69, 9.17) is 5.11 Å². The number of rotatable bonds is 7. The van der Waals surface area contributed by atoms with Gasteiger partial charge in [-0.15, -0.1) is 0 Å². The normalized spacial score (nSPS) is 12.2. The molecule has 1 rings (SSSR count). The van der Waals surface area contributed by atoms with E-state index in [1.165, 1.54) is 0 Å². The molecule has 0 radical (unpaired) electrons. The van der Waals surface area contributed by atoms with E-state index >= 15 is 0 Å². The molecule has 1 atom stereocenters. The third-order valence-corrected chi connectivity index (χ3v) is 3.43. The number of nitrogens with zero attached hydrogens (tertiary/aromatic N) is 1. The van der Waals surface area contributed by atoms with Crippen LogP contribution in [0.5, 0.6) is 0 Å². The van der Waals surface area contributed by atoms with Gasteiger partial charge in [-0.05, 0) is 31.9 Å². The summed E-state index contributed by atoms with van der Waals surface area (Å²) in [6.45, 7) is 6.41. The molecule has 1 aromatic rings. The second-order valence-electron chi connectivity index (χ2n) is 4.90. The third kappa shape index (κ3) is 3.68. The lowest BCUT2D eigenvalue weighted by Crippen LogP contribution is -2.35. The molecule has 1 unspecified atom stereocenters. The topological polar surface area (TPSA) is 40.5 Å². The quantitative estimate of drug-likeness (QED) is 0.821. The average Bonchev–Trinajstić information content (AvgIpc) is 2.40. The summed E-state index contributed by atoms with van der Waals surface area (Å²) in [6, 6.07) is 1.74. The summed E-state index contributed by atoms with van der Waals surface area (Å²) in [4.78, 5) is 12.5. The predicted octanol–water partition coefficient (Wildman–Crippen LogP) is 4.07. The van der Waals surface area contributed by atoms with Gasteiger partial charge in [0.15, 0.2) is 0 Å². The molecule has 1 N–H and O–H groups in total. The first-order valence-corrected chi connectivity index (χ1v) is 6.91. The molecule has 0 saturated carbocycles. The van der Waals surface area contributed by atoms with Crippen molar-refractivity contribution in [2.45, 2.75) is 46.1 Å². The molecule has 0 amide bonds. The highest BCUT2D eigenvalue weighted by atomic mass is 19.1. The summed E-state index contributed by atoms with van der Waals surface area (Å²) in [5, 5.41) is 8.81. The molecule has 0 aliphatic rings. The zero-order valence-electron chi connectivity index (χ0n) is 12.1. The number of halogens is 2. The van der Waals surface area contributed by atoms with E-state index in [-0.39, 0.29) is 17.3 Å². The largest absolute Gasteiger partial charge is 0.478 e. The number of hydrogen-bond acceptors (Lipinski definition) is 2. The minimum absolute atomic E-state index is 0.0128. The summed E-state index contributed by atoms with van der Waals surface area (Å²) in [6.07, 6.45) is 2.50. The van der Waals surface area contributed by atoms with Gasteiger partial charge in [-0.3, -0.25) is 0 Å². The summed E-state index contributed by atoms with van der Waals surface area (Å²) in [5.74, 6) is -2.98. The molecule has 0 heterocycles. The van der Waals surface area contributed by atoms with Crippen LogP contribution >= 0.6 is 0 Å². The SMILES string of the molecule is CCCCN(c1c(F)cc(C(=O)O)cc1F)C(C)CC. The maximum absolute atomic E-state index is 14.1. The van der Waals surface area contributed by atoms with Crippen molar-refractivity contribution in [2.24, 2.45) is 0 Å². The zero-order chi connectivity index (χ0) is 15.3. The first-order valence-electron chi connectivity index (χ1n) is 6.91. The number of carboxylic acid groups (broad SMARTS) is 1. The Hall–Kier alpha value is -1.65. The molecule has 0 spiro atoms. The van der Waals surface area contributed by atoms with E-state index in [0.717, 1.165) is 31.4 Å². The Labute approximate surface area is 118 Å². The molecule has 0 saturated heterocycles. The molecule has 1 aromatic carbocycles. The molecule has 0 aromatic heterocycles. The van der Waals surface area contributed by atoms with Crippen molar-refractivity contribution in [3.05, 3.63) is 29.3 Å². The minimum atomic E-state index is -1.34. The van der Waals surface area contributed by atoms with E-state index in [9.17, 15) is 13.6 Å². The van der Waals surface area contributed by atoms with E-state index in [1.54, 1.807) is 4.90 Å². The van der Waals surface area contributed by atoms with Crippen molar-refractivity contribution in [1.29, 1.82) is 0 Å². The van der Waals surface area contributed by atoms with Crippen LogP contribution in [0.15, 0.2) is 12.1 Å². The Morgan fingerprint density at radius 1 is 1.30 bits per heavy atom. The first-order chi connectivity index (χ1) is 9.42. The molecule has 112 valence electrons. The highest BCUT2D eigenvalue weighted by Crippen LogP contribution is 2.28. The Kier molecular flexibility index (Phi) is 5.92. The van der Waals surface area contributed by atoms with Crippen molar-refractivity contribution in [1.82, 2.24) is 0 Å². The van der Waals surface area contributed by atoms with E-state index in [0.29, 0.717) is 6.54 Å². The standard InChI is InChI=1S/C15H21F2NO2/c1-4-6-7-18(10(3)5-2)14-12(16)8-11(15(19)20)9-13(14)17/h8-10H,4-7H2,1-3H3,(H,19,20). The Bertz CT molecular complexity index is 454. The molecular formula is C15H21F2NO2. The fourth-order valence-electron chi connectivity index (χ4n) is 2.06. The Balaban J connectivity index is 3.22. The van der Waals surface area contributed by atoms with Crippen LogP contribution in [-0.4, -0.2) is 23.7 Å². The number of unbranched alkanes of at least 4 members (excludes halogenated alkanes) is 1. The molecule has 20 heavy (non-hydrogen) atoms. The van der Waals surface area contributed by atoms with Gasteiger partial charge in [0.2, 0.25) is 0 Å². The number of aromatic carboxylic acids is 1. The van der Waals surface area contributed by atoms with Crippen LogP contribution in [0, 0.1) is 11.6 Å². The predicted molar refractivity (Wildman–Crippen MR) is 75.3 cm³/mol. The maximum Gasteiger partial charge on any atom is 0.335 e. The van der Waals surface area contributed by atoms with Crippen molar-refractivity contribution in [3.8, 4) is 0 Å². The average molecular weight is 285 g/mol. The van der Waals surface area contributed by atoms with Crippen molar-refractivity contribution >= 4 is 11.7 Å². The molecule has 0 aliphatic carbocycles. The molecule has 5 heteroatoms. The first kappa shape index (κ1) is 16.4. The summed E-state index contributed by atoms with van der Waals surface area (Å²) < 4.78 is 28.2. The fraction of sp³-hybridized carbons (Fsp3) is 0.533. The number of carbonyl (C=O) groups is 1. The monoisotopic (exact) mass is 285 g/mol. The van der Waals surface area contributed by atoms with Gasteiger partial charge in [0.25, 0.3) is 0 Å². The number of benzene rings is 1. The van der Waals surface area contributed by atoms with Gasteiger partial charge in [0.05, 0.1) is 5.56 Å². The highest BCUT2D eigenvalue weighted by molar-refractivity contribution is 5.88. The van der Waals surface area contributed by atoms with E-state index in [2.05, 4.69) is 0 Å². The highest BCUT2D eigenvalue weighted by Gasteiger charge is 2.22. The van der Waals surface area contributed by atoms with Crippen molar-refractivity contribution in [2.75, 3.05) is 11.4 Å². The Morgan fingerprint density at radius 2 is 1.85 bits per heavy atom. The van der Waals surface area contributed by atoms with Gasteiger partial charge < -0.3 is 10.0 Å². The van der Waals surface area contributed by atoms with Gasteiger partial charge in [-0.25, -0.2) is 13.6 Å². The second kappa shape index (κ2) is 7.22. The van der Waals surface area contributed by atoms with Gasteiger partial charge in [-0.2, -0.15) is 0 Å². The molecule has 0 fully saturated rings. The number of carboxylic acids is 1. The summed E-state index contributed by atoms with van der Waals surface area (Å²) in [5.41, 5.74) is -0.499. The second-order valence-corrected chi connectivity index (χ2v) is 4.90. The molecule has 3 nitrogen and oxygen atoms in total. The molecule has 0 aliphatic heterocycles. The third-order valence-electron chi connectivity index (χ3n) is 3.43. The van der Waals surface area contributed by atoms with Crippen molar-refractivity contribution in [3.63, 3.8) is 0 Å². The van der Waals surface area contributed by atoms with Crippen LogP contribution in [0.3, 0.4) is 0 Å². The lowest BCUT2D eigenvalue weighted by atomic mass is 10.1. The molecule has 0 bridgehead atoms. The minimum Gasteiger partial charge on any atom is -0.478 e. The Morgan fingerprint density at radius 3 is 2.25 bits per heavy atom. The lowest BCUT2D eigenvalue weighted by molar-refractivity contribution is 0.0695. The van der Waals surface area contributed by atoms with Gasteiger partial charge >= 0.3 is 5.97 Å². The lowest BCUT2D eigenvalue weighted by Gasteiger charge is -2.31. The van der Waals surface area contributed by atoms with Gasteiger partial charge in [0.1, 0.15) is 17.3 Å². The van der Waals surface area contributed by atoms with Crippen LogP contribution in [0.25, 0.3) is 0 Å². The zero-order valence-corrected chi connectivity index (χ0v) is 12.1. The van der Waals surface area contributed by atoms with Gasteiger partial charge in [0, 0.05) is 12.6 Å². The summed E-state index contributed by atoms with van der Waals surface area (Å²) in [7, 11) is 0. The maximum atomic E-state index is 14.1. The van der Waals surface area contributed by atoms with Crippen LogP contribution < -0.4 is 4.90 Å². The summed E-state index contributed by atoms with van der Waals surface area (Å²) >= 11 is 0. The van der Waals surface area contributed by atoms with Crippen LogP contribution in [0.2, 0.25) is 0 Å². The number of anilines is 1. The number of hydrogen-bond donors (Lipinski definition) is 1. The molecular weight excluding hydrogens is 264 g/mol. The smallest absolute Gasteiger partial charge is 0.335 e. The van der Waals surface area contributed by atoms with Crippen LogP contribution in [0.4, 0.5) is 14.5 Å². The van der Waals surface area contributed by atoms with Crippen LogP contribution in [-0.2, 0) is 0 Å². The van der Waals surface area contributed by atoms with E-state index < -0.39 is 17.6 Å². The fourth-order valence-corrected chi connectivity index (χ4v) is 2.06. The van der Waals surface area contributed by atoms with E-state index in [1.807, 2.05) is 20.8 Å².